The molecule has 0 bridgehead atoms. The van der Waals surface area contributed by atoms with Gasteiger partial charge >= 0.3 is 0 Å². The fraction of sp³-hybridized carbons (Fsp3) is 0.429. The van der Waals surface area contributed by atoms with Gasteiger partial charge < -0.3 is 10.6 Å². The third kappa shape index (κ3) is 4.35. The summed E-state index contributed by atoms with van der Waals surface area (Å²) in [5.74, 6) is 0.277. The van der Waals surface area contributed by atoms with E-state index in [9.17, 15) is 9.59 Å². The quantitative estimate of drug-likeness (QED) is 0.817. The Morgan fingerprint density at radius 1 is 1.32 bits per heavy atom. The molecule has 2 amide bonds. The molecule has 0 aliphatic heterocycles. The lowest BCUT2D eigenvalue weighted by molar-refractivity contribution is -0.120. The van der Waals surface area contributed by atoms with Gasteiger partial charge in [-0.3, -0.25) is 9.59 Å². The lowest BCUT2D eigenvalue weighted by atomic mass is 10.2. The number of amides is 2. The number of carbonyl (C=O) groups excluding carboxylic acids is 2. The summed E-state index contributed by atoms with van der Waals surface area (Å²) in [6, 6.07) is 7.53. The van der Waals surface area contributed by atoms with Crippen LogP contribution in [0.1, 0.15) is 25.3 Å². The maximum Gasteiger partial charge on any atom is 0.233 e. The van der Waals surface area contributed by atoms with E-state index < -0.39 is 0 Å². The van der Waals surface area contributed by atoms with Gasteiger partial charge in [0.15, 0.2) is 0 Å². The predicted octanol–water partition coefficient (Wildman–Crippen LogP) is 2.43. The van der Waals surface area contributed by atoms with E-state index in [0.29, 0.717) is 6.54 Å². The zero-order valence-electron chi connectivity index (χ0n) is 10.8. The summed E-state index contributed by atoms with van der Waals surface area (Å²) < 4.78 is 0. The van der Waals surface area contributed by atoms with Gasteiger partial charge in [0.25, 0.3) is 0 Å². The minimum absolute atomic E-state index is 0.0360. The van der Waals surface area contributed by atoms with Crippen molar-refractivity contribution in [1.29, 1.82) is 0 Å². The van der Waals surface area contributed by atoms with Gasteiger partial charge in [0, 0.05) is 18.2 Å². The molecular formula is C14H17BrN2O2. The minimum atomic E-state index is -0.190. The number of nitrogens with one attached hydrogen (secondary N) is 2. The molecule has 2 N–H and O–H groups in total. The van der Waals surface area contributed by atoms with E-state index in [2.05, 4.69) is 26.6 Å². The molecule has 1 aliphatic carbocycles. The van der Waals surface area contributed by atoms with Crippen molar-refractivity contribution in [2.75, 3.05) is 5.32 Å². The largest absolute Gasteiger partial charge is 0.351 e. The molecule has 4 nitrogen and oxygen atoms in total. The van der Waals surface area contributed by atoms with Gasteiger partial charge in [0.05, 0.1) is 4.83 Å². The molecule has 0 radical (unpaired) electrons. The number of halogens is 1. The van der Waals surface area contributed by atoms with Crippen LogP contribution in [-0.4, -0.2) is 16.6 Å². The van der Waals surface area contributed by atoms with Gasteiger partial charge in [-0.05, 0) is 37.5 Å². The number of rotatable bonds is 5. The highest BCUT2D eigenvalue weighted by atomic mass is 79.9. The van der Waals surface area contributed by atoms with Crippen LogP contribution in [0.15, 0.2) is 24.3 Å². The highest BCUT2D eigenvalue weighted by molar-refractivity contribution is 9.10. The van der Waals surface area contributed by atoms with E-state index in [1.807, 2.05) is 24.3 Å². The molecule has 2 rings (SSSR count). The van der Waals surface area contributed by atoms with Crippen LogP contribution in [0, 0.1) is 5.92 Å². The second-order valence-electron chi connectivity index (χ2n) is 4.79. The first-order valence-corrected chi connectivity index (χ1v) is 7.29. The van der Waals surface area contributed by atoms with Crippen LogP contribution in [0.4, 0.5) is 5.69 Å². The summed E-state index contributed by atoms with van der Waals surface area (Å²) in [5, 5.41) is 5.69. The SMILES string of the molecule is CC(Br)C(=O)NCc1ccc(NC(=O)C2CC2)cc1. The second-order valence-corrected chi connectivity index (χ2v) is 6.17. The van der Waals surface area contributed by atoms with E-state index in [1.54, 1.807) is 6.92 Å². The van der Waals surface area contributed by atoms with Crippen LogP contribution in [0.3, 0.4) is 0 Å². The lowest BCUT2D eigenvalue weighted by Gasteiger charge is -2.08. The molecule has 1 aromatic carbocycles. The molecule has 0 saturated heterocycles. The van der Waals surface area contributed by atoms with E-state index in [4.69, 9.17) is 0 Å². The molecule has 102 valence electrons. The third-order valence-electron chi connectivity index (χ3n) is 3.00. The third-order valence-corrected chi connectivity index (χ3v) is 3.41. The molecule has 0 aromatic heterocycles. The van der Waals surface area contributed by atoms with Crippen molar-refractivity contribution in [3.05, 3.63) is 29.8 Å². The summed E-state index contributed by atoms with van der Waals surface area (Å²) in [4.78, 5) is 22.8. The Labute approximate surface area is 121 Å². The molecule has 0 spiro atoms. The van der Waals surface area contributed by atoms with Crippen molar-refractivity contribution in [1.82, 2.24) is 5.32 Å². The van der Waals surface area contributed by atoms with Crippen molar-refractivity contribution in [3.63, 3.8) is 0 Å². The maximum atomic E-state index is 11.6. The van der Waals surface area contributed by atoms with Crippen LogP contribution in [0.25, 0.3) is 0 Å². The second kappa shape index (κ2) is 6.19. The first kappa shape index (κ1) is 14.1. The zero-order valence-corrected chi connectivity index (χ0v) is 12.4. The fourth-order valence-corrected chi connectivity index (χ4v) is 1.79. The van der Waals surface area contributed by atoms with Gasteiger partial charge in [-0.2, -0.15) is 0 Å². The highest BCUT2D eigenvalue weighted by Gasteiger charge is 2.29. The molecule has 1 fully saturated rings. The molecule has 5 heteroatoms. The van der Waals surface area contributed by atoms with Crippen molar-refractivity contribution in [2.45, 2.75) is 31.1 Å². The van der Waals surface area contributed by atoms with Crippen LogP contribution < -0.4 is 10.6 Å². The van der Waals surface area contributed by atoms with Crippen LogP contribution in [-0.2, 0) is 16.1 Å². The molecule has 1 unspecified atom stereocenters. The van der Waals surface area contributed by atoms with Gasteiger partial charge in [-0.15, -0.1) is 0 Å². The Bertz CT molecular complexity index is 467. The standard InChI is InChI=1S/C14H17BrN2O2/c1-9(15)13(18)16-8-10-2-6-12(7-3-10)17-14(19)11-4-5-11/h2-3,6-7,9,11H,4-5,8H2,1H3,(H,16,18)(H,17,19). The number of carbonyl (C=O) groups is 2. The smallest absolute Gasteiger partial charge is 0.233 e. The van der Waals surface area contributed by atoms with E-state index in [1.165, 1.54) is 0 Å². The van der Waals surface area contributed by atoms with Crippen LogP contribution >= 0.6 is 15.9 Å². The number of alkyl halides is 1. The van der Waals surface area contributed by atoms with Crippen molar-refractivity contribution in [3.8, 4) is 0 Å². The van der Waals surface area contributed by atoms with E-state index in [-0.39, 0.29) is 22.6 Å². The Balaban J connectivity index is 1.83. The van der Waals surface area contributed by atoms with Gasteiger partial charge in [0.2, 0.25) is 11.8 Å². The molecule has 1 aromatic rings. The predicted molar refractivity (Wildman–Crippen MR) is 78.0 cm³/mol. The summed E-state index contributed by atoms with van der Waals surface area (Å²) >= 11 is 3.21. The maximum absolute atomic E-state index is 11.6. The monoisotopic (exact) mass is 324 g/mol. The first-order valence-electron chi connectivity index (χ1n) is 6.38. The molecular weight excluding hydrogens is 308 g/mol. The number of hydrogen-bond donors (Lipinski definition) is 2. The summed E-state index contributed by atoms with van der Waals surface area (Å²) in [6.45, 7) is 2.28. The average molecular weight is 325 g/mol. The summed E-state index contributed by atoms with van der Waals surface area (Å²) in [5.41, 5.74) is 1.81. The molecule has 1 saturated carbocycles. The highest BCUT2D eigenvalue weighted by Crippen LogP contribution is 2.30. The van der Waals surface area contributed by atoms with Crippen molar-refractivity contribution >= 4 is 33.4 Å². The number of anilines is 1. The van der Waals surface area contributed by atoms with Crippen molar-refractivity contribution in [2.24, 2.45) is 5.92 Å². The molecule has 19 heavy (non-hydrogen) atoms. The Hall–Kier alpha value is -1.36. The van der Waals surface area contributed by atoms with E-state index >= 15 is 0 Å². The number of benzene rings is 1. The van der Waals surface area contributed by atoms with E-state index in [0.717, 1.165) is 24.1 Å². The van der Waals surface area contributed by atoms with Gasteiger partial charge in [-0.25, -0.2) is 0 Å². The molecule has 1 atom stereocenters. The summed E-state index contributed by atoms with van der Waals surface area (Å²) in [6.07, 6.45) is 2.00. The first-order chi connectivity index (χ1) is 9.06. The topological polar surface area (TPSA) is 58.2 Å². The van der Waals surface area contributed by atoms with Crippen LogP contribution in [0.5, 0.6) is 0 Å². The van der Waals surface area contributed by atoms with Gasteiger partial charge in [-0.1, -0.05) is 28.1 Å². The normalized spacial score (nSPS) is 15.7. The minimum Gasteiger partial charge on any atom is -0.351 e. The fourth-order valence-electron chi connectivity index (χ4n) is 1.63. The van der Waals surface area contributed by atoms with Crippen LogP contribution in [0.2, 0.25) is 0 Å². The Kier molecular flexibility index (Phi) is 4.58. The lowest BCUT2D eigenvalue weighted by Crippen LogP contribution is -2.28. The number of hydrogen-bond acceptors (Lipinski definition) is 2. The average Bonchev–Trinajstić information content (AvgIpc) is 3.21. The van der Waals surface area contributed by atoms with Gasteiger partial charge in [0.1, 0.15) is 0 Å². The van der Waals surface area contributed by atoms with Crippen molar-refractivity contribution < 1.29 is 9.59 Å². The molecule has 0 heterocycles. The molecule has 1 aliphatic rings. The summed E-state index contributed by atoms with van der Waals surface area (Å²) in [7, 11) is 0. The Morgan fingerprint density at radius 3 is 2.47 bits per heavy atom. The zero-order chi connectivity index (χ0) is 13.8. The Morgan fingerprint density at radius 2 is 1.95 bits per heavy atom.